The summed E-state index contributed by atoms with van der Waals surface area (Å²) in [6, 6.07) is 19.5. The first-order valence-electron chi connectivity index (χ1n) is 8.45. The maximum absolute atomic E-state index is 13.3. The molecule has 0 radical (unpaired) electrons. The summed E-state index contributed by atoms with van der Waals surface area (Å²) in [5.74, 6) is 0.971. The van der Waals surface area contributed by atoms with Crippen molar-refractivity contribution in [2.24, 2.45) is 0 Å². The third kappa shape index (κ3) is 2.64. The second kappa shape index (κ2) is 6.61. The van der Waals surface area contributed by atoms with E-state index in [1.54, 1.807) is 42.5 Å². The summed E-state index contributed by atoms with van der Waals surface area (Å²) in [5, 5.41) is 2.44. The van der Waals surface area contributed by atoms with Crippen molar-refractivity contribution in [1.82, 2.24) is 4.57 Å². The largest absolute Gasteiger partial charge is 0.493 e. The molecule has 0 atom stereocenters. The van der Waals surface area contributed by atoms with Gasteiger partial charge in [0.2, 0.25) is 0 Å². The van der Waals surface area contributed by atoms with Crippen LogP contribution in [0.5, 0.6) is 11.5 Å². The van der Waals surface area contributed by atoms with Crippen LogP contribution in [0.1, 0.15) is 0 Å². The van der Waals surface area contributed by atoms with Gasteiger partial charge >= 0.3 is 0 Å². The highest BCUT2D eigenvalue weighted by molar-refractivity contribution is 6.05. The van der Waals surface area contributed by atoms with Crippen LogP contribution in [0, 0.1) is 0 Å². The van der Waals surface area contributed by atoms with Crippen LogP contribution >= 0.6 is 0 Å². The zero-order valence-corrected chi connectivity index (χ0v) is 14.9. The molecule has 0 amide bonds. The molecule has 4 aromatic rings. The second-order valence-electron chi connectivity index (χ2n) is 6.08. The van der Waals surface area contributed by atoms with Gasteiger partial charge in [0.15, 0.2) is 11.5 Å². The van der Waals surface area contributed by atoms with Gasteiger partial charge in [0.05, 0.1) is 19.9 Å². The highest BCUT2D eigenvalue weighted by Gasteiger charge is 2.14. The minimum atomic E-state index is -0.376. The summed E-state index contributed by atoms with van der Waals surface area (Å²) in [5.41, 5.74) is -0.327. The van der Waals surface area contributed by atoms with Crippen LogP contribution in [0.4, 0.5) is 0 Å². The van der Waals surface area contributed by atoms with Gasteiger partial charge in [-0.25, -0.2) is 4.57 Å². The Morgan fingerprint density at radius 3 is 1.59 bits per heavy atom. The van der Waals surface area contributed by atoms with Crippen LogP contribution in [-0.4, -0.2) is 18.8 Å². The van der Waals surface area contributed by atoms with Gasteiger partial charge < -0.3 is 9.47 Å². The molecule has 0 aliphatic carbocycles. The van der Waals surface area contributed by atoms with E-state index in [2.05, 4.69) is 0 Å². The van der Waals surface area contributed by atoms with E-state index in [0.29, 0.717) is 28.0 Å². The third-order valence-corrected chi connectivity index (χ3v) is 4.64. The summed E-state index contributed by atoms with van der Waals surface area (Å²) < 4.78 is 11.8. The molecular formula is C22H17NO4. The minimum Gasteiger partial charge on any atom is -0.493 e. The topological polar surface area (TPSA) is 57.5 Å². The number of nitrogens with zero attached hydrogens (tertiary/aromatic N) is 1. The molecule has 5 nitrogen and oxygen atoms in total. The summed E-state index contributed by atoms with van der Waals surface area (Å²) in [4.78, 5) is 26.6. The predicted octanol–water partition coefficient (Wildman–Crippen LogP) is 3.52. The van der Waals surface area contributed by atoms with Crippen LogP contribution in [-0.2, 0) is 0 Å². The molecule has 0 aliphatic heterocycles. The quantitative estimate of drug-likeness (QED) is 0.562. The maximum atomic E-state index is 13.3. The molecule has 3 aromatic carbocycles. The Labute approximate surface area is 155 Å². The molecule has 0 saturated heterocycles. The zero-order valence-electron chi connectivity index (χ0n) is 14.9. The molecule has 1 heterocycles. The molecule has 0 spiro atoms. The van der Waals surface area contributed by atoms with Gasteiger partial charge in [0.25, 0.3) is 11.1 Å². The lowest BCUT2D eigenvalue weighted by atomic mass is 10.1. The summed E-state index contributed by atoms with van der Waals surface area (Å²) >= 11 is 0. The molecule has 134 valence electrons. The SMILES string of the molecule is COc1ccc(-n2c(=O)c3ccccc3c3ccccc3c2=O)cc1OC. The Balaban J connectivity index is 2.22. The first kappa shape index (κ1) is 16.8. The lowest BCUT2D eigenvalue weighted by molar-refractivity contribution is 0.355. The van der Waals surface area contributed by atoms with Gasteiger partial charge in [-0.2, -0.15) is 0 Å². The monoisotopic (exact) mass is 359 g/mol. The molecular weight excluding hydrogens is 342 g/mol. The van der Waals surface area contributed by atoms with Crippen molar-refractivity contribution in [2.75, 3.05) is 14.2 Å². The molecule has 27 heavy (non-hydrogen) atoms. The normalized spacial score (nSPS) is 10.9. The molecule has 1 aromatic heterocycles. The maximum Gasteiger partial charge on any atom is 0.265 e. The van der Waals surface area contributed by atoms with E-state index in [4.69, 9.17) is 9.47 Å². The van der Waals surface area contributed by atoms with Gasteiger partial charge in [-0.1, -0.05) is 36.4 Å². The average Bonchev–Trinajstić information content (AvgIpc) is 2.81. The van der Waals surface area contributed by atoms with Crippen molar-refractivity contribution in [3.05, 3.63) is 87.4 Å². The first-order valence-corrected chi connectivity index (χ1v) is 8.45. The van der Waals surface area contributed by atoms with Crippen molar-refractivity contribution in [3.8, 4) is 17.2 Å². The Morgan fingerprint density at radius 1 is 0.630 bits per heavy atom. The van der Waals surface area contributed by atoms with Crippen LogP contribution in [0.3, 0.4) is 0 Å². The summed E-state index contributed by atoms with van der Waals surface area (Å²) in [6.45, 7) is 0. The lowest BCUT2D eigenvalue weighted by Gasteiger charge is -2.10. The molecule has 5 heteroatoms. The van der Waals surface area contributed by atoms with Gasteiger partial charge in [-0.05, 0) is 35.0 Å². The number of aromatic nitrogens is 1. The van der Waals surface area contributed by atoms with Crippen molar-refractivity contribution in [1.29, 1.82) is 0 Å². The number of fused-ring (bicyclic) bond motifs is 3. The zero-order chi connectivity index (χ0) is 19.0. The fourth-order valence-corrected chi connectivity index (χ4v) is 3.34. The predicted molar refractivity (Wildman–Crippen MR) is 106 cm³/mol. The van der Waals surface area contributed by atoms with Gasteiger partial charge in [-0.15, -0.1) is 0 Å². The number of benzene rings is 3. The van der Waals surface area contributed by atoms with E-state index in [-0.39, 0.29) is 11.1 Å². The van der Waals surface area contributed by atoms with Crippen LogP contribution < -0.4 is 20.6 Å². The molecule has 4 rings (SSSR count). The van der Waals surface area contributed by atoms with Crippen molar-refractivity contribution < 1.29 is 9.47 Å². The summed E-state index contributed by atoms with van der Waals surface area (Å²) in [6.07, 6.45) is 0. The molecule has 0 saturated carbocycles. The fraction of sp³-hybridized carbons (Fsp3) is 0.0909. The Morgan fingerprint density at radius 2 is 1.11 bits per heavy atom. The number of hydrogen-bond acceptors (Lipinski definition) is 4. The molecule has 0 aliphatic rings. The fourth-order valence-electron chi connectivity index (χ4n) is 3.34. The first-order chi connectivity index (χ1) is 13.2. The number of rotatable bonds is 3. The Kier molecular flexibility index (Phi) is 4.12. The van der Waals surface area contributed by atoms with E-state index in [1.807, 2.05) is 24.3 Å². The van der Waals surface area contributed by atoms with Crippen molar-refractivity contribution >= 4 is 21.5 Å². The van der Waals surface area contributed by atoms with E-state index < -0.39 is 0 Å². The molecule has 0 N–H and O–H groups in total. The van der Waals surface area contributed by atoms with Gasteiger partial charge in [0, 0.05) is 16.8 Å². The highest BCUT2D eigenvalue weighted by Crippen LogP contribution is 2.29. The van der Waals surface area contributed by atoms with Crippen LogP contribution in [0.2, 0.25) is 0 Å². The standard InChI is InChI=1S/C22H17NO4/c1-26-19-12-11-14(13-20(19)27-2)23-21(24)17-9-5-3-7-15(17)16-8-4-6-10-18(16)22(23)25/h3-13H,1-2H3. The summed E-state index contributed by atoms with van der Waals surface area (Å²) in [7, 11) is 3.05. The van der Waals surface area contributed by atoms with Gasteiger partial charge in [0.1, 0.15) is 0 Å². The Bertz CT molecular complexity index is 1220. The minimum absolute atomic E-state index is 0.376. The Hall–Kier alpha value is -3.60. The number of ether oxygens (including phenoxy) is 2. The van der Waals surface area contributed by atoms with E-state index in [1.165, 1.54) is 18.8 Å². The van der Waals surface area contributed by atoms with E-state index in [0.717, 1.165) is 10.8 Å². The van der Waals surface area contributed by atoms with Gasteiger partial charge in [-0.3, -0.25) is 9.59 Å². The van der Waals surface area contributed by atoms with Crippen molar-refractivity contribution in [2.45, 2.75) is 0 Å². The highest BCUT2D eigenvalue weighted by atomic mass is 16.5. The smallest absolute Gasteiger partial charge is 0.265 e. The molecule has 0 fully saturated rings. The average molecular weight is 359 g/mol. The third-order valence-electron chi connectivity index (χ3n) is 4.64. The van der Waals surface area contributed by atoms with Crippen LogP contribution in [0.25, 0.3) is 27.2 Å². The number of hydrogen-bond donors (Lipinski definition) is 0. The van der Waals surface area contributed by atoms with Crippen molar-refractivity contribution in [3.63, 3.8) is 0 Å². The number of methoxy groups -OCH3 is 2. The van der Waals surface area contributed by atoms with E-state index in [9.17, 15) is 9.59 Å². The van der Waals surface area contributed by atoms with E-state index >= 15 is 0 Å². The molecule has 0 unspecified atom stereocenters. The molecule has 0 bridgehead atoms. The lowest BCUT2D eigenvalue weighted by Crippen LogP contribution is -2.28. The van der Waals surface area contributed by atoms with Crippen LogP contribution in [0.15, 0.2) is 76.3 Å². The second-order valence-corrected chi connectivity index (χ2v) is 6.08.